The molecule has 0 heterocycles. The highest BCUT2D eigenvalue weighted by Gasteiger charge is 2.25. The van der Waals surface area contributed by atoms with Gasteiger partial charge in [-0.25, -0.2) is 0 Å². The molecule has 0 rings (SSSR count). The van der Waals surface area contributed by atoms with Crippen molar-refractivity contribution in [1.29, 1.82) is 0 Å². The molecule has 0 fully saturated rings. The van der Waals surface area contributed by atoms with Crippen LogP contribution in [0.2, 0.25) is 0 Å². The van der Waals surface area contributed by atoms with Crippen LogP contribution in [0.15, 0.2) is 0 Å². The van der Waals surface area contributed by atoms with Crippen molar-refractivity contribution in [3.63, 3.8) is 0 Å². The first-order valence-corrected chi connectivity index (χ1v) is 6.25. The Labute approximate surface area is 95.8 Å². The zero-order chi connectivity index (χ0) is 11.9. The summed E-state index contributed by atoms with van der Waals surface area (Å²) in [6, 6.07) is 0.574. The van der Waals surface area contributed by atoms with Gasteiger partial charge >= 0.3 is 0 Å². The van der Waals surface area contributed by atoms with Crippen LogP contribution in [0.3, 0.4) is 0 Å². The molecule has 0 aromatic heterocycles. The number of ether oxygens (including phenoxy) is 1. The maximum Gasteiger partial charge on any atom is 0.0637 e. The minimum atomic E-state index is -0.0190. The third-order valence-corrected chi connectivity index (χ3v) is 3.25. The van der Waals surface area contributed by atoms with E-state index in [4.69, 9.17) is 4.74 Å². The standard InChI is InChI=1S/C13H29NO/c1-7-9-14-12(11(3)8-2)10-13(4,5)15-6/h11-12,14H,7-10H2,1-6H3. The van der Waals surface area contributed by atoms with E-state index < -0.39 is 0 Å². The Balaban J connectivity index is 4.23. The summed E-state index contributed by atoms with van der Waals surface area (Å²) in [6.07, 6.45) is 3.50. The molecule has 2 nitrogen and oxygen atoms in total. The van der Waals surface area contributed by atoms with Crippen LogP contribution < -0.4 is 5.32 Å². The van der Waals surface area contributed by atoms with Gasteiger partial charge in [0, 0.05) is 13.2 Å². The van der Waals surface area contributed by atoms with Gasteiger partial charge in [-0.15, -0.1) is 0 Å². The summed E-state index contributed by atoms with van der Waals surface area (Å²) in [4.78, 5) is 0. The van der Waals surface area contributed by atoms with E-state index in [1.54, 1.807) is 7.11 Å². The van der Waals surface area contributed by atoms with Crippen LogP contribution in [-0.2, 0) is 4.74 Å². The third-order valence-electron chi connectivity index (χ3n) is 3.25. The molecule has 0 radical (unpaired) electrons. The molecule has 15 heavy (non-hydrogen) atoms. The Morgan fingerprint density at radius 3 is 2.27 bits per heavy atom. The molecule has 0 aromatic carbocycles. The number of methoxy groups -OCH3 is 1. The highest BCUT2D eigenvalue weighted by Crippen LogP contribution is 2.21. The first kappa shape index (κ1) is 14.9. The molecule has 2 heteroatoms. The quantitative estimate of drug-likeness (QED) is 0.671. The minimum absolute atomic E-state index is 0.0190. The van der Waals surface area contributed by atoms with Gasteiger partial charge in [-0.05, 0) is 39.2 Å². The molecule has 0 saturated carbocycles. The van der Waals surface area contributed by atoms with Crippen molar-refractivity contribution in [1.82, 2.24) is 5.32 Å². The molecule has 0 bridgehead atoms. The molecule has 1 N–H and O–H groups in total. The zero-order valence-electron chi connectivity index (χ0n) is 11.4. The summed E-state index contributed by atoms with van der Waals surface area (Å²) in [5.74, 6) is 0.714. The lowest BCUT2D eigenvalue weighted by Crippen LogP contribution is -2.41. The van der Waals surface area contributed by atoms with E-state index in [-0.39, 0.29) is 5.60 Å². The summed E-state index contributed by atoms with van der Waals surface area (Å²) < 4.78 is 5.50. The predicted octanol–water partition coefficient (Wildman–Crippen LogP) is 3.22. The van der Waals surface area contributed by atoms with Gasteiger partial charge in [0.15, 0.2) is 0 Å². The van der Waals surface area contributed by atoms with Gasteiger partial charge in [0.2, 0.25) is 0 Å². The second kappa shape index (κ2) is 7.24. The smallest absolute Gasteiger partial charge is 0.0637 e. The molecule has 0 aliphatic rings. The van der Waals surface area contributed by atoms with Crippen LogP contribution in [-0.4, -0.2) is 25.3 Å². The van der Waals surface area contributed by atoms with Crippen molar-refractivity contribution in [3.8, 4) is 0 Å². The molecular weight excluding hydrogens is 186 g/mol. The van der Waals surface area contributed by atoms with Crippen molar-refractivity contribution in [3.05, 3.63) is 0 Å². The largest absolute Gasteiger partial charge is 0.379 e. The SMILES string of the molecule is CCCNC(CC(C)(C)OC)C(C)CC. The highest BCUT2D eigenvalue weighted by molar-refractivity contribution is 4.81. The summed E-state index contributed by atoms with van der Waals surface area (Å²) in [6.45, 7) is 12.2. The molecule has 0 amide bonds. The predicted molar refractivity (Wildman–Crippen MR) is 67.2 cm³/mol. The van der Waals surface area contributed by atoms with Gasteiger partial charge in [-0.2, -0.15) is 0 Å². The fraction of sp³-hybridized carbons (Fsp3) is 1.00. The van der Waals surface area contributed by atoms with E-state index in [0.29, 0.717) is 12.0 Å². The molecule has 0 saturated heterocycles. The number of hydrogen-bond acceptors (Lipinski definition) is 2. The van der Waals surface area contributed by atoms with Crippen LogP contribution in [0.4, 0.5) is 0 Å². The molecule has 2 atom stereocenters. The van der Waals surface area contributed by atoms with E-state index in [1.165, 1.54) is 12.8 Å². The Bertz CT molecular complexity index is 157. The Morgan fingerprint density at radius 2 is 1.87 bits per heavy atom. The molecular formula is C13H29NO. The molecule has 92 valence electrons. The van der Waals surface area contributed by atoms with Crippen LogP contribution in [0.1, 0.15) is 53.9 Å². The first-order valence-electron chi connectivity index (χ1n) is 6.25. The van der Waals surface area contributed by atoms with Gasteiger partial charge in [-0.1, -0.05) is 27.2 Å². The Kier molecular flexibility index (Phi) is 7.20. The zero-order valence-corrected chi connectivity index (χ0v) is 11.4. The number of rotatable bonds is 8. The van der Waals surface area contributed by atoms with E-state index in [2.05, 4.69) is 39.9 Å². The normalized spacial score (nSPS) is 16.4. The molecule has 0 spiro atoms. The van der Waals surface area contributed by atoms with Gasteiger partial charge in [0.25, 0.3) is 0 Å². The Hall–Kier alpha value is -0.0800. The molecule has 2 unspecified atom stereocenters. The fourth-order valence-corrected chi connectivity index (χ4v) is 1.70. The van der Waals surface area contributed by atoms with E-state index in [9.17, 15) is 0 Å². The van der Waals surface area contributed by atoms with Crippen molar-refractivity contribution >= 4 is 0 Å². The number of nitrogens with one attached hydrogen (secondary N) is 1. The second-order valence-corrected chi connectivity index (χ2v) is 5.11. The van der Waals surface area contributed by atoms with E-state index in [1.807, 2.05) is 0 Å². The number of hydrogen-bond donors (Lipinski definition) is 1. The van der Waals surface area contributed by atoms with Crippen LogP contribution in [0.5, 0.6) is 0 Å². The Morgan fingerprint density at radius 1 is 1.27 bits per heavy atom. The fourth-order valence-electron chi connectivity index (χ4n) is 1.70. The van der Waals surface area contributed by atoms with Crippen molar-refractivity contribution in [2.45, 2.75) is 65.5 Å². The second-order valence-electron chi connectivity index (χ2n) is 5.11. The van der Waals surface area contributed by atoms with Crippen molar-refractivity contribution in [2.24, 2.45) is 5.92 Å². The van der Waals surface area contributed by atoms with Crippen molar-refractivity contribution < 1.29 is 4.74 Å². The average Bonchev–Trinajstić information content (AvgIpc) is 2.23. The van der Waals surface area contributed by atoms with Crippen LogP contribution in [0.25, 0.3) is 0 Å². The lowest BCUT2D eigenvalue weighted by Gasteiger charge is -2.32. The lowest BCUT2D eigenvalue weighted by atomic mass is 9.89. The maximum absolute atomic E-state index is 5.50. The van der Waals surface area contributed by atoms with Gasteiger partial charge in [0.1, 0.15) is 0 Å². The van der Waals surface area contributed by atoms with Crippen LogP contribution in [0, 0.1) is 5.92 Å². The van der Waals surface area contributed by atoms with E-state index >= 15 is 0 Å². The third kappa shape index (κ3) is 6.16. The topological polar surface area (TPSA) is 21.3 Å². The highest BCUT2D eigenvalue weighted by atomic mass is 16.5. The molecule has 0 aliphatic heterocycles. The summed E-state index contributed by atoms with van der Waals surface area (Å²) in [5, 5.41) is 3.63. The summed E-state index contributed by atoms with van der Waals surface area (Å²) in [7, 11) is 1.80. The average molecular weight is 215 g/mol. The van der Waals surface area contributed by atoms with Gasteiger partial charge in [0.05, 0.1) is 5.60 Å². The molecule has 0 aliphatic carbocycles. The summed E-state index contributed by atoms with van der Waals surface area (Å²) in [5.41, 5.74) is -0.0190. The summed E-state index contributed by atoms with van der Waals surface area (Å²) >= 11 is 0. The van der Waals surface area contributed by atoms with E-state index in [0.717, 1.165) is 13.0 Å². The maximum atomic E-state index is 5.50. The molecule has 0 aromatic rings. The lowest BCUT2D eigenvalue weighted by molar-refractivity contribution is 0.00206. The van der Waals surface area contributed by atoms with Gasteiger partial charge in [-0.3, -0.25) is 0 Å². The van der Waals surface area contributed by atoms with Gasteiger partial charge < -0.3 is 10.1 Å². The van der Waals surface area contributed by atoms with Crippen LogP contribution >= 0.6 is 0 Å². The minimum Gasteiger partial charge on any atom is -0.379 e. The monoisotopic (exact) mass is 215 g/mol. The van der Waals surface area contributed by atoms with Crippen molar-refractivity contribution in [2.75, 3.05) is 13.7 Å². The first-order chi connectivity index (χ1) is 6.96.